The summed E-state index contributed by atoms with van der Waals surface area (Å²) in [5, 5.41) is 8.35. The molecule has 1 atom stereocenters. The Morgan fingerprint density at radius 2 is 1.77 bits per heavy atom. The summed E-state index contributed by atoms with van der Waals surface area (Å²) in [5.41, 5.74) is 2.00. The van der Waals surface area contributed by atoms with Crippen LogP contribution in [-0.2, 0) is 9.59 Å². The van der Waals surface area contributed by atoms with Gasteiger partial charge in [0.1, 0.15) is 17.6 Å². The monoisotopic (exact) mass is 359 g/mol. The third-order valence-corrected chi connectivity index (χ3v) is 3.73. The Labute approximate surface area is 151 Å². The predicted molar refractivity (Wildman–Crippen MR) is 100 cm³/mol. The van der Waals surface area contributed by atoms with E-state index in [1.165, 1.54) is 20.1 Å². The van der Waals surface area contributed by atoms with Crippen LogP contribution in [0.1, 0.15) is 19.4 Å². The molecule has 26 heavy (non-hydrogen) atoms. The average Bonchev–Trinajstić information content (AvgIpc) is 2.58. The van der Waals surface area contributed by atoms with E-state index in [-0.39, 0.29) is 17.6 Å². The van der Waals surface area contributed by atoms with Crippen molar-refractivity contribution in [3.8, 4) is 5.75 Å². The Balaban J connectivity index is 2.11. The molecule has 2 amide bonds. The number of carbonyl (C=O) groups excluding carboxylic acids is 2. The van der Waals surface area contributed by atoms with Gasteiger partial charge in [0.2, 0.25) is 11.8 Å². The third-order valence-electron chi connectivity index (χ3n) is 3.73. The summed E-state index contributed by atoms with van der Waals surface area (Å²) < 4.78 is 18.9. The zero-order valence-electron chi connectivity index (χ0n) is 15.1. The Bertz CT molecular complexity index is 824. The van der Waals surface area contributed by atoms with Crippen LogP contribution in [0, 0.1) is 12.7 Å². The van der Waals surface area contributed by atoms with Gasteiger partial charge in [-0.3, -0.25) is 9.59 Å². The fourth-order valence-electron chi connectivity index (χ4n) is 2.33. The largest absolute Gasteiger partial charge is 0.495 e. The molecule has 0 spiro atoms. The van der Waals surface area contributed by atoms with Crippen LogP contribution in [0.3, 0.4) is 0 Å². The molecular weight excluding hydrogens is 337 g/mol. The van der Waals surface area contributed by atoms with E-state index in [1.54, 1.807) is 44.2 Å². The van der Waals surface area contributed by atoms with Gasteiger partial charge in [-0.25, -0.2) is 4.39 Å². The molecule has 0 aliphatic rings. The Kier molecular flexibility index (Phi) is 6.16. The van der Waals surface area contributed by atoms with Crippen LogP contribution in [0.15, 0.2) is 36.4 Å². The molecule has 6 nitrogen and oxygen atoms in total. The van der Waals surface area contributed by atoms with E-state index in [1.807, 2.05) is 0 Å². The number of ether oxygens (including phenoxy) is 1. The summed E-state index contributed by atoms with van der Waals surface area (Å²) in [6.07, 6.45) is 0. The molecule has 0 aromatic heterocycles. The maximum Gasteiger partial charge on any atom is 0.246 e. The molecular formula is C19H22FN3O3. The first-order valence-corrected chi connectivity index (χ1v) is 8.09. The van der Waals surface area contributed by atoms with E-state index in [2.05, 4.69) is 16.0 Å². The van der Waals surface area contributed by atoms with Crippen molar-refractivity contribution in [2.75, 3.05) is 23.1 Å². The molecule has 0 heterocycles. The topological polar surface area (TPSA) is 79.5 Å². The second-order valence-electron chi connectivity index (χ2n) is 5.92. The van der Waals surface area contributed by atoms with Gasteiger partial charge in [0, 0.05) is 18.3 Å². The lowest BCUT2D eigenvalue weighted by molar-refractivity contribution is -0.116. The molecule has 0 aliphatic heterocycles. The fourth-order valence-corrected chi connectivity index (χ4v) is 2.33. The number of nitrogens with one attached hydrogen (secondary N) is 3. The van der Waals surface area contributed by atoms with Crippen LogP contribution in [-0.4, -0.2) is 25.0 Å². The lowest BCUT2D eigenvalue weighted by Crippen LogP contribution is -2.32. The van der Waals surface area contributed by atoms with Gasteiger partial charge in [0.05, 0.1) is 12.8 Å². The van der Waals surface area contributed by atoms with E-state index in [9.17, 15) is 14.0 Å². The number of benzene rings is 2. The molecule has 0 bridgehead atoms. The lowest BCUT2D eigenvalue weighted by Gasteiger charge is -2.17. The zero-order chi connectivity index (χ0) is 19.3. The Morgan fingerprint density at radius 3 is 2.38 bits per heavy atom. The summed E-state index contributed by atoms with van der Waals surface area (Å²) in [6.45, 7) is 4.73. The summed E-state index contributed by atoms with van der Waals surface area (Å²) >= 11 is 0. The SMILES string of the molecule is COc1ccc(NC(C)=O)cc1NC(=O)C(C)Nc1ccc(C)c(F)c1. The van der Waals surface area contributed by atoms with E-state index >= 15 is 0 Å². The van der Waals surface area contributed by atoms with Crippen LogP contribution in [0.5, 0.6) is 5.75 Å². The normalized spacial score (nSPS) is 11.4. The van der Waals surface area contributed by atoms with Gasteiger partial charge in [-0.05, 0) is 49.7 Å². The highest BCUT2D eigenvalue weighted by Crippen LogP contribution is 2.28. The maximum atomic E-state index is 13.6. The lowest BCUT2D eigenvalue weighted by atomic mass is 10.2. The van der Waals surface area contributed by atoms with Crippen molar-refractivity contribution in [3.63, 3.8) is 0 Å². The fraction of sp³-hybridized carbons (Fsp3) is 0.263. The summed E-state index contributed by atoms with van der Waals surface area (Å²) in [4.78, 5) is 23.7. The first-order valence-electron chi connectivity index (χ1n) is 8.09. The molecule has 0 saturated heterocycles. The number of aryl methyl sites for hydroxylation is 1. The third kappa shape index (κ3) is 4.95. The van der Waals surface area contributed by atoms with Crippen LogP contribution < -0.4 is 20.7 Å². The summed E-state index contributed by atoms with van der Waals surface area (Å²) in [6, 6.07) is 9.00. The van der Waals surface area contributed by atoms with Gasteiger partial charge in [0.25, 0.3) is 0 Å². The van der Waals surface area contributed by atoms with Crippen LogP contribution >= 0.6 is 0 Å². The van der Waals surface area contributed by atoms with Gasteiger partial charge in [-0.2, -0.15) is 0 Å². The Morgan fingerprint density at radius 1 is 1.08 bits per heavy atom. The van der Waals surface area contributed by atoms with Crippen molar-refractivity contribution < 1.29 is 18.7 Å². The molecule has 1 unspecified atom stereocenters. The number of methoxy groups -OCH3 is 1. The minimum Gasteiger partial charge on any atom is -0.495 e. The van der Waals surface area contributed by atoms with Gasteiger partial charge in [-0.1, -0.05) is 6.07 Å². The molecule has 2 aromatic rings. The number of rotatable bonds is 6. The molecule has 2 rings (SSSR count). The molecule has 0 saturated carbocycles. The van der Waals surface area contributed by atoms with E-state index in [4.69, 9.17) is 4.74 Å². The van der Waals surface area contributed by atoms with Crippen LogP contribution in [0.25, 0.3) is 0 Å². The van der Waals surface area contributed by atoms with Gasteiger partial charge in [-0.15, -0.1) is 0 Å². The van der Waals surface area contributed by atoms with Crippen molar-refractivity contribution in [2.45, 2.75) is 26.8 Å². The van der Waals surface area contributed by atoms with Crippen molar-refractivity contribution in [1.29, 1.82) is 0 Å². The number of carbonyl (C=O) groups is 2. The van der Waals surface area contributed by atoms with E-state index < -0.39 is 6.04 Å². The maximum absolute atomic E-state index is 13.6. The van der Waals surface area contributed by atoms with Crippen molar-refractivity contribution in [2.24, 2.45) is 0 Å². The van der Waals surface area contributed by atoms with Crippen LogP contribution in [0.2, 0.25) is 0 Å². The summed E-state index contributed by atoms with van der Waals surface area (Å²) in [5.74, 6) is -0.429. The highest BCUT2D eigenvalue weighted by molar-refractivity contribution is 5.98. The van der Waals surface area contributed by atoms with Crippen molar-refractivity contribution in [3.05, 3.63) is 47.8 Å². The predicted octanol–water partition coefficient (Wildman–Crippen LogP) is 3.54. The minimum atomic E-state index is -0.619. The van der Waals surface area contributed by atoms with Gasteiger partial charge < -0.3 is 20.7 Å². The first kappa shape index (κ1) is 19.2. The molecule has 0 radical (unpaired) electrons. The first-order chi connectivity index (χ1) is 12.3. The molecule has 7 heteroatoms. The van der Waals surface area contributed by atoms with E-state index in [0.29, 0.717) is 28.4 Å². The second-order valence-corrected chi connectivity index (χ2v) is 5.92. The number of hydrogen-bond acceptors (Lipinski definition) is 4. The van der Waals surface area contributed by atoms with Gasteiger partial charge in [0.15, 0.2) is 0 Å². The average molecular weight is 359 g/mol. The van der Waals surface area contributed by atoms with Crippen molar-refractivity contribution in [1.82, 2.24) is 0 Å². The quantitative estimate of drug-likeness (QED) is 0.737. The standard InChI is InChI=1S/C19H22FN3O3/c1-11-5-6-14(9-16(11)20)21-12(2)19(25)23-17-10-15(22-13(3)24)7-8-18(17)26-4/h5-10,12,21H,1-4H3,(H,22,24)(H,23,25). The number of amides is 2. The minimum absolute atomic E-state index is 0.219. The second kappa shape index (κ2) is 8.33. The molecule has 138 valence electrons. The number of halogens is 1. The van der Waals surface area contributed by atoms with Crippen LogP contribution in [0.4, 0.5) is 21.5 Å². The molecule has 0 fully saturated rings. The summed E-state index contributed by atoms with van der Waals surface area (Å²) in [7, 11) is 1.49. The smallest absolute Gasteiger partial charge is 0.246 e. The highest BCUT2D eigenvalue weighted by Gasteiger charge is 2.16. The van der Waals surface area contributed by atoms with Gasteiger partial charge >= 0.3 is 0 Å². The highest BCUT2D eigenvalue weighted by atomic mass is 19.1. The molecule has 0 aliphatic carbocycles. The number of hydrogen-bond donors (Lipinski definition) is 3. The van der Waals surface area contributed by atoms with E-state index in [0.717, 1.165) is 0 Å². The Hall–Kier alpha value is -3.09. The molecule has 2 aromatic carbocycles. The van der Waals surface area contributed by atoms with Crippen molar-refractivity contribution >= 4 is 28.9 Å². The molecule has 3 N–H and O–H groups in total. The zero-order valence-corrected chi connectivity index (χ0v) is 15.1. The number of anilines is 3.